The summed E-state index contributed by atoms with van der Waals surface area (Å²) in [6.45, 7) is 0.296. The molecule has 1 saturated carbocycles. The van der Waals surface area contributed by atoms with Gasteiger partial charge in [0.25, 0.3) is 0 Å². The number of imidazole rings is 1. The van der Waals surface area contributed by atoms with E-state index in [0.717, 1.165) is 37.1 Å². The lowest BCUT2D eigenvalue weighted by molar-refractivity contribution is -0.118. The normalized spacial score (nSPS) is 18.1. The van der Waals surface area contributed by atoms with E-state index in [2.05, 4.69) is 10.3 Å². The maximum Gasteiger partial charge on any atom is 0.244 e. The van der Waals surface area contributed by atoms with Gasteiger partial charge in [0, 0.05) is 24.2 Å². The minimum absolute atomic E-state index is 0.236. The minimum atomic E-state index is -0.753. The second kappa shape index (κ2) is 6.40. The number of hydrogen-bond donors (Lipinski definition) is 2. The molecule has 2 heterocycles. The number of rotatable bonds is 4. The van der Waals surface area contributed by atoms with Crippen molar-refractivity contribution in [2.45, 2.75) is 37.7 Å². The number of carbonyl (C=O) groups excluding carboxylic acids is 1. The molecule has 2 aromatic rings. The van der Waals surface area contributed by atoms with Gasteiger partial charge in [-0.25, -0.2) is 4.98 Å². The van der Waals surface area contributed by atoms with Crippen molar-refractivity contribution in [1.82, 2.24) is 14.7 Å². The summed E-state index contributed by atoms with van der Waals surface area (Å²) in [7, 11) is 0. The fourth-order valence-corrected chi connectivity index (χ4v) is 3.78. The highest BCUT2D eigenvalue weighted by Gasteiger charge is 2.29. The zero-order chi connectivity index (χ0) is 15.6. The summed E-state index contributed by atoms with van der Waals surface area (Å²) in [5.74, 6) is -0.236. The quantitative estimate of drug-likeness (QED) is 0.842. The Morgan fingerprint density at radius 2 is 2.27 bits per heavy atom. The van der Waals surface area contributed by atoms with Gasteiger partial charge >= 0.3 is 0 Å². The van der Waals surface area contributed by atoms with Crippen LogP contribution in [0.15, 0.2) is 17.7 Å². The lowest BCUT2D eigenvalue weighted by atomic mass is 9.85. The van der Waals surface area contributed by atoms with Crippen molar-refractivity contribution < 1.29 is 9.90 Å². The predicted octanol–water partition coefficient (Wildman–Crippen LogP) is 2.87. The van der Waals surface area contributed by atoms with E-state index >= 15 is 0 Å². The van der Waals surface area contributed by atoms with Gasteiger partial charge in [-0.3, -0.25) is 9.20 Å². The van der Waals surface area contributed by atoms with Gasteiger partial charge in [0.1, 0.15) is 0 Å². The second-order valence-electron chi connectivity index (χ2n) is 5.68. The molecule has 0 bridgehead atoms. The highest BCUT2D eigenvalue weighted by Crippen LogP contribution is 2.27. The molecule has 0 spiro atoms. The van der Waals surface area contributed by atoms with Crippen LogP contribution in [-0.2, 0) is 4.79 Å². The number of hydrogen-bond acceptors (Lipinski definition) is 4. The van der Waals surface area contributed by atoms with Gasteiger partial charge in [0.2, 0.25) is 5.91 Å². The van der Waals surface area contributed by atoms with Crippen molar-refractivity contribution in [3.05, 3.63) is 28.5 Å². The minimum Gasteiger partial charge on any atom is -0.388 e. The predicted molar refractivity (Wildman–Crippen MR) is 88.2 cm³/mol. The Hall–Kier alpha value is -1.37. The molecule has 0 aliphatic heterocycles. The van der Waals surface area contributed by atoms with E-state index in [1.807, 2.05) is 16.0 Å². The Morgan fingerprint density at radius 3 is 3.05 bits per heavy atom. The first kappa shape index (κ1) is 15.5. The summed E-state index contributed by atoms with van der Waals surface area (Å²) in [6.07, 6.45) is 9.64. The first-order chi connectivity index (χ1) is 10.6. The molecule has 7 heteroatoms. The van der Waals surface area contributed by atoms with Crippen LogP contribution in [0.5, 0.6) is 0 Å². The molecule has 1 aliphatic rings. The Labute approximate surface area is 137 Å². The third-order valence-corrected chi connectivity index (χ3v) is 5.06. The smallest absolute Gasteiger partial charge is 0.244 e. The highest BCUT2D eigenvalue weighted by molar-refractivity contribution is 7.15. The third kappa shape index (κ3) is 3.34. The zero-order valence-electron chi connectivity index (χ0n) is 12.1. The van der Waals surface area contributed by atoms with Crippen LogP contribution in [0.2, 0.25) is 5.15 Å². The van der Waals surface area contributed by atoms with Crippen molar-refractivity contribution in [2.24, 2.45) is 0 Å². The molecule has 0 saturated heterocycles. The van der Waals surface area contributed by atoms with E-state index in [1.54, 1.807) is 6.08 Å². The van der Waals surface area contributed by atoms with Gasteiger partial charge in [-0.1, -0.05) is 30.9 Å². The van der Waals surface area contributed by atoms with Gasteiger partial charge in [-0.05, 0) is 18.9 Å². The number of carbonyl (C=O) groups is 1. The topological polar surface area (TPSA) is 66.6 Å². The van der Waals surface area contributed by atoms with Crippen LogP contribution >= 0.6 is 22.9 Å². The number of halogens is 1. The molecule has 118 valence electrons. The lowest BCUT2D eigenvalue weighted by Gasteiger charge is -2.31. The van der Waals surface area contributed by atoms with Crippen LogP contribution in [0.1, 0.15) is 37.8 Å². The summed E-state index contributed by atoms with van der Waals surface area (Å²) in [5, 5.41) is 15.4. The monoisotopic (exact) mass is 339 g/mol. The standard InChI is InChI=1S/C15H18ClN3O2S/c16-13-11(19-8-9-22-14(19)18-13)4-5-12(20)17-10-15(21)6-2-1-3-7-15/h4-5,8-9,21H,1-3,6-7,10H2,(H,17,20). The van der Waals surface area contributed by atoms with Crippen molar-refractivity contribution in [3.63, 3.8) is 0 Å². The Balaban J connectivity index is 1.61. The second-order valence-corrected chi connectivity index (χ2v) is 6.91. The molecule has 0 radical (unpaired) electrons. The molecule has 3 rings (SSSR count). The van der Waals surface area contributed by atoms with Crippen LogP contribution in [0.25, 0.3) is 11.0 Å². The lowest BCUT2D eigenvalue weighted by Crippen LogP contribution is -2.43. The maximum atomic E-state index is 11.9. The van der Waals surface area contributed by atoms with Crippen molar-refractivity contribution in [3.8, 4) is 0 Å². The zero-order valence-corrected chi connectivity index (χ0v) is 13.7. The number of nitrogens with one attached hydrogen (secondary N) is 1. The highest BCUT2D eigenvalue weighted by atomic mass is 35.5. The van der Waals surface area contributed by atoms with E-state index in [1.165, 1.54) is 17.4 Å². The van der Waals surface area contributed by atoms with Crippen LogP contribution in [-0.4, -0.2) is 32.5 Å². The maximum absolute atomic E-state index is 11.9. The summed E-state index contributed by atoms with van der Waals surface area (Å²) in [5.41, 5.74) is -0.0687. The third-order valence-electron chi connectivity index (χ3n) is 4.02. The molecule has 0 atom stereocenters. The fraction of sp³-hybridized carbons (Fsp3) is 0.467. The van der Waals surface area contributed by atoms with E-state index in [4.69, 9.17) is 11.6 Å². The molecule has 5 nitrogen and oxygen atoms in total. The van der Waals surface area contributed by atoms with Gasteiger partial charge in [-0.15, -0.1) is 11.3 Å². The SMILES string of the molecule is O=C(C=Cc1c(Cl)nc2sccn12)NCC1(O)CCCCC1. The number of aromatic nitrogens is 2. The average molecular weight is 340 g/mol. The Bertz CT molecular complexity index is 701. The number of amides is 1. The molecular formula is C15H18ClN3O2S. The molecule has 2 N–H and O–H groups in total. The molecule has 1 amide bonds. The number of nitrogens with zero attached hydrogens (tertiary/aromatic N) is 2. The molecular weight excluding hydrogens is 322 g/mol. The van der Waals surface area contributed by atoms with E-state index < -0.39 is 5.60 Å². The van der Waals surface area contributed by atoms with Crippen molar-refractivity contribution in [2.75, 3.05) is 6.54 Å². The van der Waals surface area contributed by atoms with E-state index in [-0.39, 0.29) is 5.91 Å². The summed E-state index contributed by atoms with van der Waals surface area (Å²) in [4.78, 5) is 16.9. The molecule has 1 fully saturated rings. The van der Waals surface area contributed by atoms with Gasteiger partial charge in [-0.2, -0.15) is 0 Å². The van der Waals surface area contributed by atoms with Crippen molar-refractivity contribution >= 4 is 39.9 Å². The van der Waals surface area contributed by atoms with Gasteiger partial charge in [0.15, 0.2) is 10.1 Å². The molecule has 2 aromatic heterocycles. The molecule has 1 aliphatic carbocycles. The summed E-state index contributed by atoms with van der Waals surface area (Å²) >= 11 is 7.55. The summed E-state index contributed by atoms with van der Waals surface area (Å²) < 4.78 is 1.84. The van der Waals surface area contributed by atoms with Gasteiger partial charge in [0.05, 0.1) is 11.3 Å². The number of thiazole rings is 1. The first-order valence-corrected chi connectivity index (χ1v) is 8.63. The molecule has 0 unspecified atom stereocenters. The van der Waals surface area contributed by atoms with Crippen LogP contribution in [0.4, 0.5) is 0 Å². The first-order valence-electron chi connectivity index (χ1n) is 7.37. The van der Waals surface area contributed by atoms with E-state index in [0.29, 0.717) is 17.4 Å². The molecule has 0 aromatic carbocycles. The van der Waals surface area contributed by atoms with Crippen LogP contribution in [0, 0.1) is 0 Å². The summed E-state index contributed by atoms with van der Waals surface area (Å²) in [6, 6.07) is 0. The number of fused-ring (bicyclic) bond motifs is 1. The average Bonchev–Trinajstić information content (AvgIpc) is 3.05. The van der Waals surface area contributed by atoms with Crippen LogP contribution in [0.3, 0.4) is 0 Å². The van der Waals surface area contributed by atoms with Crippen molar-refractivity contribution in [1.29, 1.82) is 0 Å². The van der Waals surface area contributed by atoms with E-state index in [9.17, 15) is 9.90 Å². The Morgan fingerprint density at radius 1 is 1.50 bits per heavy atom. The molecule has 22 heavy (non-hydrogen) atoms. The Kier molecular flexibility index (Phi) is 4.52. The number of aliphatic hydroxyl groups is 1. The fourth-order valence-electron chi connectivity index (χ4n) is 2.78. The van der Waals surface area contributed by atoms with Gasteiger partial charge < -0.3 is 10.4 Å². The van der Waals surface area contributed by atoms with Crippen LogP contribution < -0.4 is 5.32 Å². The largest absolute Gasteiger partial charge is 0.388 e.